The van der Waals surface area contributed by atoms with Gasteiger partial charge in [-0.25, -0.2) is 0 Å². The maximum atomic E-state index is 13.1. The average Bonchev–Trinajstić information content (AvgIpc) is 3.07. The summed E-state index contributed by atoms with van der Waals surface area (Å²) in [5.74, 6) is 0.867. The predicted molar refractivity (Wildman–Crippen MR) is 88.6 cm³/mol. The van der Waals surface area contributed by atoms with Crippen molar-refractivity contribution in [2.24, 2.45) is 5.92 Å². The number of likely N-dealkylation sites (tertiary alicyclic amines) is 1. The smallest absolute Gasteiger partial charge is 0.245 e. The van der Waals surface area contributed by atoms with Crippen LogP contribution in [-0.2, 0) is 11.2 Å². The number of carbonyl (C=O) groups is 1. The standard InChI is InChI=1S/C19H24N2O/c1-16-8-7-13-21(15-16)19(22)18(20-11-5-6-12-20)14-17-9-3-2-4-10-17/h2-6,9-12,16,18H,7-8,13-15H2,1H3/t16-,18-/m1/s1. The van der Waals surface area contributed by atoms with Crippen molar-refractivity contribution in [3.63, 3.8) is 0 Å². The van der Waals surface area contributed by atoms with Gasteiger partial charge in [-0.1, -0.05) is 37.3 Å². The molecular weight excluding hydrogens is 272 g/mol. The van der Waals surface area contributed by atoms with Crippen LogP contribution in [0, 0.1) is 5.92 Å². The predicted octanol–water partition coefficient (Wildman–Crippen LogP) is 3.53. The zero-order chi connectivity index (χ0) is 15.4. The molecule has 3 heteroatoms. The Hall–Kier alpha value is -2.03. The first kappa shape index (κ1) is 14.9. The second kappa shape index (κ2) is 6.82. The summed E-state index contributed by atoms with van der Waals surface area (Å²) in [5.41, 5.74) is 1.21. The van der Waals surface area contributed by atoms with Gasteiger partial charge < -0.3 is 9.47 Å². The molecule has 3 rings (SSSR count). The fourth-order valence-electron chi connectivity index (χ4n) is 3.31. The first-order valence-corrected chi connectivity index (χ1v) is 8.19. The minimum Gasteiger partial charge on any atom is -0.342 e. The summed E-state index contributed by atoms with van der Waals surface area (Å²) in [7, 11) is 0. The fourth-order valence-corrected chi connectivity index (χ4v) is 3.31. The van der Waals surface area contributed by atoms with Crippen molar-refractivity contribution in [3.8, 4) is 0 Å². The highest BCUT2D eigenvalue weighted by atomic mass is 16.2. The third kappa shape index (κ3) is 3.41. The largest absolute Gasteiger partial charge is 0.342 e. The Kier molecular flexibility index (Phi) is 4.62. The molecule has 3 nitrogen and oxygen atoms in total. The normalized spacial score (nSPS) is 19.9. The summed E-state index contributed by atoms with van der Waals surface area (Å²) in [6, 6.07) is 14.1. The molecule has 1 aliphatic rings. The third-order valence-electron chi connectivity index (χ3n) is 4.51. The number of aromatic nitrogens is 1. The van der Waals surface area contributed by atoms with Gasteiger partial charge in [0, 0.05) is 31.9 Å². The first-order valence-electron chi connectivity index (χ1n) is 8.19. The van der Waals surface area contributed by atoms with Crippen molar-refractivity contribution in [2.75, 3.05) is 13.1 Å². The van der Waals surface area contributed by atoms with Gasteiger partial charge >= 0.3 is 0 Å². The zero-order valence-corrected chi connectivity index (χ0v) is 13.2. The van der Waals surface area contributed by atoms with Crippen molar-refractivity contribution >= 4 is 5.91 Å². The lowest BCUT2D eigenvalue weighted by Gasteiger charge is -2.34. The molecular formula is C19H24N2O. The van der Waals surface area contributed by atoms with E-state index < -0.39 is 0 Å². The van der Waals surface area contributed by atoms with E-state index in [0.717, 1.165) is 25.9 Å². The van der Waals surface area contributed by atoms with Crippen LogP contribution < -0.4 is 0 Å². The maximum absolute atomic E-state index is 13.1. The van der Waals surface area contributed by atoms with E-state index in [9.17, 15) is 4.79 Å². The SMILES string of the molecule is C[C@@H]1CCCN(C(=O)[C@@H](Cc2ccccc2)n2cccc2)C1. The molecule has 116 valence electrons. The summed E-state index contributed by atoms with van der Waals surface area (Å²) < 4.78 is 2.05. The van der Waals surface area contributed by atoms with Gasteiger partial charge in [0.2, 0.25) is 5.91 Å². The lowest BCUT2D eigenvalue weighted by molar-refractivity contribution is -0.136. The van der Waals surface area contributed by atoms with Crippen LogP contribution >= 0.6 is 0 Å². The monoisotopic (exact) mass is 296 g/mol. The van der Waals surface area contributed by atoms with Crippen LogP contribution in [0.2, 0.25) is 0 Å². The molecule has 1 aromatic carbocycles. The van der Waals surface area contributed by atoms with Crippen molar-refractivity contribution in [3.05, 3.63) is 60.4 Å². The number of amides is 1. The molecule has 2 heterocycles. The van der Waals surface area contributed by atoms with Gasteiger partial charge in [0.1, 0.15) is 6.04 Å². The molecule has 2 aromatic rings. The van der Waals surface area contributed by atoms with Crippen LogP contribution in [0.3, 0.4) is 0 Å². The minimum atomic E-state index is -0.136. The molecule has 2 atom stereocenters. The van der Waals surface area contributed by atoms with E-state index in [2.05, 4.69) is 28.5 Å². The number of hydrogen-bond donors (Lipinski definition) is 0. The molecule has 0 N–H and O–H groups in total. The lowest BCUT2D eigenvalue weighted by atomic mass is 9.98. The van der Waals surface area contributed by atoms with Crippen LogP contribution in [0.4, 0.5) is 0 Å². The van der Waals surface area contributed by atoms with Gasteiger partial charge in [-0.3, -0.25) is 4.79 Å². The Labute approximate surface area is 132 Å². The molecule has 1 aliphatic heterocycles. The summed E-state index contributed by atoms with van der Waals surface area (Å²) in [6.07, 6.45) is 7.10. The van der Waals surface area contributed by atoms with Gasteiger partial charge in [-0.2, -0.15) is 0 Å². The highest BCUT2D eigenvalue weighted by Gasteiger charge is 2.28. The molecule has 1 aromatic heterocycles. The Morgan fingerprint density at radius 3 is 2.59 bits per heavy atom. The van der Waals surface area contributed by atoms with Crippen LogP contribution in [0.25, 0.3) is 0 Å². The van der Waals surface area contributed by atoms with Crippen LogP contribution in [-0.4, -0.2) is 28.5 Å². The molecule has 1 amide bonds. The Morgan fingerprint density at radius 1 is 1.18 bits per heavy atom. The van der Waals surface area contributed by atoms with E-state index >= 15 is 0 Å². The topological polar surface area (TPSA) is 25.2 Å². The molecule has 0 saturated carbocycles. The third-order valence-corrected chi connectivity index (χ3v) is 4.51. The molecule has 0 unspecified atom stereocenters. The maximum Gasteiger partial charge on any atom is 0.245 e. The zero-order valence-electron chi connectivity index (χ0n) is 13.2. The Morgan fingerprint density at radius 2 is 1.91 bits per heavy atom. The van der Waals surface area contributed by atoms with Crippen molar-refractivity contribution in [1.82, 2.24) is 9.47 Å². The minimum absolute atomic E-state index is 0.136. The number of rotatable bonds is 4. The van der Waals surface area contributed by atoms with E-state index in [1.807, 2.05) is 42.7 Å². The Bertz CT molecular complexity index is 591. The van der Waals surface area contributed by atoms with Gasteiger partial charge in [0.25, 0.3) is 0 Å². The van der Waals surface area contributed by atoms with Crippen LogP contribution in [0.15, 0.2) is 54.9 Å². The number of benzene rings is 1. The number of nitrogens with zero attached hydrogens (tertiary/aromatic N) is 2. The number of piperidine rings is 1. The highest BCUT2D eigenvalue weighted by molar-refractivity contribution is 5.81. The summed E-state index contributed by atoms with van der Waals surface area (Å²) >= 11 is 0. The van der Waals surface area contributed by atoms with Gasteiger partial charge in [0.15, 0.2) is 0 Å². The van der Waals surface area contributed by atoms with Gasteiger partial charge in [0.05, 0.1) is 0 Å². The van der Waals surface area contributed by atoms with E-state index in [1.165, 1.54) is 12.0 Å². The first-order chi connectivity index (χ1) is 10.7. The molecule has 1 saturated heterocycles. The second-order valence-corrected chi connectivity index (χ2v) is 6.37. The second-order valence-electron chi connectivity index (χ2n) is 6.37. The number of hydrogen-bond acceptors (Lipinski definition) is 1. The number of carbonyl (C=O) groups excluding carboxylic acids is 1. The quantitative estimate of drug-likeness (QED) is 0.847. The van der Waals surface area contributed by atoms with E-state index in [0.29, 0.717) is 5.92 Å². The van der Waals surface area contributed by atoms with Gasteiger partial charge in [-0.15, -0.1) is 0 Å². The Balaban J connectivity index is 1.80. The molecule has 0 bridgehead atoms. The highest BCUT2D eigenvalue weighted by Crippen LogP contribution is 2.22. The fraction of sp³-hybridized carbons (Fsp3) is 0.421. The molecule has 1 fully saturated rings. The molecule has 22 heavy (non-hydrogen) atoms. The van der Waals surface area contributed by atoms with Crippen molar-refractivity contribution < 1.29 is 4.79 Å². The van der Waals surface area contributed by atoms with Gasteiger partial charge in [-0.05, 0) is 36.5 Å². The molecule has 0 radical (unpaired) electrons. The summed E-state index contributed by atoms with van der Waals surface area (Å²) in [6.45, 7) is 4.03. The average molecular weight is 296 g/mol. The summed E-state index contributed by atoms with van der Waals surface area (Å²) in [4.78, 5) is 15.1. The van der Waals surface area contributed by atoms with E-state index in [-0.39, 0.29) is 11.9 Å². The van der Waals surface area contributed by atoms with E-state index in [4.69, 9.17) is 0 Å². The van der Waals surface area contributed by atoms with Crippen molar-refractivity contribution in [2.45, 2.75) is 32.2 Å². The van der Waals surface area contributed by atoms with Crippen molar-refractivity contribution in [1.29, 1.82) is 0 Å². The lowest BCUT2D eigenvalue weighted by Crippen LogP contribution is -2.43. The molecule has 0 aliphatic carbocycles. The van der Waals surface area contributed by atoms with Crippen LogP contribution in [0.5, 0.6) is 0 Å². The van der Waals surface area contributed by atoms with E-state index in [1.54, 1.807) is 0 Å². The molecule has 0 spiro atoms. The summed E-state index contributed by atoms with van der Waals surface area (Å²) in [5, 5.41) is 0. The van der Waals surface area contributed by atoms with Crippen LogP contribution in [0.1, 0.15) is 31.4 Å².